The number of hydrogen-bond acceptors (Lipinski definition) is 2. The SMILES string of the molecule is CC1(C)c2ccccc2-c2ccc(N(c3ccccc3-c3ccccc3-c3ccccc3)c3ccccc3-c3cccc4sc5ccccc5c34)cc21. The summed E-state index contributed by atoms with van der Waals surface area (Å²) in [6.07, 6.45) is 0. The second-order valence-electron chi connectivity index (χ2n) is 14.5. The Morgan fingerprint density at radius 2 is 0.943 bits per heavy atom. The molecule has 9 aromatic rings. The third-order valence-corrected chi connectivity index (χ3v) is 12.2. The van der Waals surface area contributed by atoms with Crippen molar-refractivity contribution in [3.63, 3.8) is 0 Å². The van der Waals surface area contributed by atoms with Gasteiger partial charge in [-0.3, -0.25) is 0 Å². The molecule has 0 bridgehead atoms. The van der Waals surface area contributed by atoms with Crippen molar-refractivity contribution in [2.24, 2.45) is 0 Å². The van der Waals surface area contributed by atoms with Crippen LogP contribution in [0.25, 0.3) is 64.7 Å². The highest BCUT2D eigenvalue weighted by Crippen LogP contribution is 2.53. The van der Waals surface area contributed by atoms with Crippen molar-refractivity contribution in [3.05, 3.63) is 199 Å². The van der Waals surface area contributed by atoms with Crippen LogP contribution in [0.1, 0.15) is 25.0 Å². The minimum Gasteiger partial charge on any atom is -0.309 e. The van der Waals surface area contributed by atoms with Gasteiger partial charge in [0.25, 0.3) is 0 Å². The lowest BCUT2D eigenvalue weighted by molar-refractivity contribution is 0.660. The van der Waals surface area contributed by atoms with Gasteiger partial charge in [0.05, 0.1) is 11.4 Å². The first kappa shape index (κ1) is 31.5. The minimum atomic E-state index is -0.131. The van der Waals surface area contributed by atoms with Crippen LogP contribution in [0.4, 0.5) is 17.1 Å². The standard InChI is InChI=1S/C51H37NS/c1-51(2)44-26-12-8-21-38(44)39-32-31-35(33-45(39)51)52(46-27-13-9-22-40(46)37-20-7-6-19-36(37)34-17-4-3-5-18-34)47-28-14-10-23-41(47)42-25-16-30-49-50(42)43-24-11-15-29-48(43)53-49/h3-33H,1-2H3. The van der Waals surface area contributed by atoms with E-state index in [9.17, 15) is 0 Å². The lowest BCUT2D eigenvalue weighted by Gasteiger charge is -2.31. The highest BCUT2D eigenvalue weighted by molar-refractivity contribution is 7.25. The van der Waals surface area contributed by atoms with Gasteiger partial charge in [-0.1, -0.05) is 166 Å². The summed E-state index contributed by atoms with van der Waals surface area (Å²) < 4.78 is 2.62. The molecule has 0 amide bonds. The van der Waals surface area contributed by atoms with Gasteiger partial charge in [-0.05, 0) is 80.9 Å². The van der Waals surface area contributed by atoms with Crippen LogP contribution in [0.2, 0.25) is 0 Å². The molecule has 0 spiro atoms. The van der Waals surface area contributed by atoms with Gasteiger partial charge < -0.3 is 4.90 Å². The summed E-state index contributed by atoms with van der Waals surface area (Å²) in [6, 6.07) is 69.1. The normalized spacial score (nSPS) is 12.9. The van der Waals surface area contributed by atoms with E-state index in [2.05, 4.69) is 207 Å². The lowest BCUT2D eigenvalue weighted by Crippen LogP contribution is -2.17. The monoisotopic (exact) mass is 695 g/mol. The zero-order valence-corrected chi connectivity index (χ0v) is 30.6. The quantitative estimate of drug-likeness (QED) is 0.167. The van der Waals surface area contributed by atoms with Gasteiger partial charge in [0.2, 0.25) is 0 Å². The summed E-state index contributed by atoms with van der Waals surface area (Å²) in [5.41, 5.74) is 15.9. The molecule has 0 fully saturated rings. The van der Waals surface area contributed by atoms with Gasteiger partial charge in [0.15, 0.2) is 0 Å². The molecule has 10 rings (SSSR count). The van der Waals surface area contributed by atoms with Crippen LogP contribution in [0.15, 0.2) is 188 Å². The topological polar surface area (TPSA) is 3.24 Å². The smallest absolute Gasteiger partial charge is 0.0540 e. The summed E-state index contributed by atoms with van der Waals surface area (Å²) in [4.78, 5) is 2.51. The largest absolute Gasteiger partial charge is 0.309 e. The Morgan fingerprint density at radius 3 is 1.72 bits per heavy atom. The zero-order chi connectivity index (χ0) is 35.5. The third-order valence-electron chi connectivity index (χ3n) is 11.1. The first-order valence-corrected chi connectivity index (χ1v) is 19.2. The van der Waals surface area contributed by atoms with E-state index in [1.807, 2.05) is 11.3 Å². The average molecular weight is 696 g/mol. The van der Waals surface area contributed by atoms with E-state index < -0.39 is 0 Å². The fourth-order valence-corrected chi connectivity index (χ4v) is 9.75. The number of rotatable bonds is 6. The zero-order valence-electron chi connectivity index (χ0n) is 29.8. The minimum absolute atomic E-state index is 0.131. The molecule has 0 atom stereocenters. The molecule has 1 aromatic heterocycles. The van der Waals surface area contributed by atoms with Crippen molar-refractivity contribution in [2.45, 2.75) is 19.3 Å². The van der Waals surface area contributed by atoms with E-state index in [-0.39, 0.29) is 5.41 Å². The van der Waals surface area contributed by atoms with Crippen molar-refractivity contribution >= 4 is 48.6 Å². The predicted molar refractivity (Wildman–Crippen MR) is 228 cm³/mol. The molecule has 53 heavy (non-hydrogen) atoms. The highest BCUT2D eigenvalue weighted by Gasteiger charge is 2.36. The van der Waals surface area contributed by atoms with Crippen LogP contribution in [-0.2, 0) is 5.41 Å². The molecule has 0 radical (unpaired) electrons. The van der Waals surface area contributed by atoms with Gasteiger partial charge in [-0.25, -0.2) is 0 Å². The number of fused-ring (bicyclic) bond motifs is 6. The summed E-state index contributed by atoms with van der Waals surface area (Å²) in [7, 11) is 0. The Labute approximate surface area is 315 Å². The molecule has 0 unspecified atom stereocenters. The molecule has 0 aliphatic heterocycles. The van der Waals surface area contributed by atoms with Crippen molar-refractivity contribution in [1.29, 1.82) is 0 Å². The van der Waals surface area contributed by atoms with E-state index in [0.29, 0.717) is 0 Å². The number of nitrogens with zero attached hydrogens (tertiary/aromatic N) is 1. The highest BCUT2D eigenvalue weighted by atomic mass is 32.1. The van der Waals surface area contributed by atoms with E-state index in [1.54, 1.807) is 0 Å². The Morgan fingerprint density at radius 1 is 0.396 bits per heavy atom. The molecule has 252 valence electrons. The molecular formula is C51H37NS. The molecule has 2 heteroatoms. The van der Waals surface area contributed by atoms with Crippen molar-refractivity contribution in [1.82, 2.24) is 0 Å². The molecule has 8 aromatic carbocycles. The molecule has 1 heterocycles. The molecule has 1 aliphatic rings. The van der Waals surface area contributed by atoms with E-state index in [4.69, 9.17) is 0 Å². The first-order valence-electron chi connectivity index (χ1n) is 18.4. The molecule has 0 saturated carbocycles. The Hall–Kier alpha value is -6.22. The molecule has 0 saturated heterocycles. The fraction of sp³-hybridized carbons (Fsp3) is 0.0588. The first-order chi connectivity index (χ1) is 26.1. The van der Waals surface area contributed by atoms with Crippen LogP contribution < -0.4 is 4.90 Å². The Kier molecular flexibility index (Phi) is 7.42. The lowest BCUT2D eigenvalue weighted by atomic mass is 9.82. The van der Waals surface area contributed by atoms with Crippen LogP contribution >= 0.6 is 11.3 Å². The summed E-state index contributed by atoms with van der Waals surface area (Å²) in [5, 5.41) is 2.62. The number of hydrogen-bond donors (Lipinski definition) is 0. The van der Waals surface area contributed by atoms with Gasteiger partial charge >= 0.3 is 0 Å². The summed E-state index contributed by atoms with van der Waals surface area (Å²) >= 11 is 1.87. The van der Waals surface area contributed by atoms with E-state index in [1.165, 1.54) is 75.8 Å². The van der Waals surface area contributed by atoms with Crippen molar-refractivity contribution in [2.75, 3.05) is 4.90 Å². The summed E-state index contributed by atoms with van der Waals surface area (Å²) in [6.45, 7) is 4.73. The summed E-state index contributed by atoms with van der Waals surface area (Å²) in [5.74, 6) is 0. The maximum Gasteiger partial charge on any atom is 0.0540 e. The molecule has 1 nitrogen and oxygen atoms in total. The second kappa shape index (κ2) is 12.5. The molecular weight excluding hydrogens is 659 g/mol. The third kappa shape index (κ3) is 5.05. The average Bonchev–Trinajstić information content (AvgIpc) is 3.71. The Balaban J connectivity index is 1.26. The van der Waals surface area contributed by atoms with Crippen LogP contribution in [0.3, 0.4) is 0 Å². The van der Waals surface area contributed by atoms with Crippen LogP contribution in [-0.4, -0.2) is 0 Å². The van der Waals surface area contributed by atoms with Crippen LogP contribution in [0.5, 0.6) is 0 Å². The van der Waals surface area contributed by atoms with Gasteiger partial charge in [0.1, 0.15) is 0 Å². The predicted octanol–water partition coefficient (Wildman–Crippen LogP) is 14.8. The van der Waals surface area contributed by atoms with Crippen molar-refractivity contribution < 1.29 is 0 Å². The van der Waals surface area contributed by atoms with Crippen LogP contribution in [0, 0.1) is 0 Å². The van der Waals surface area contributed by atoms with E-state index in [0.717, 1.165) is 17.1 Å². The maximum atomic E-state index is 2.51. The number of benzene rings is 8. The number of thiophene rings is 1. The van der Waals surface area contributed by atoms with Gasteiger partial charge in [0, 0.05) is 42.4 Å². The number of anilines is 3. The maximum absolute atomic E-state index is 2.51. The second-order valence-corrected chi connectivity index (χ2v) is 15.5. The van der Waals surface area contributed by atoms with E-state index >= 15 is 0 Å². The van der Waals surface area contributed by atoms with Gasteiger partial charge in [-0.2, -0.15) is 0 Å². The van der Waals surface area contributed by atoms with Crippen molar-refractivity contribution in [3.8, 4) is 44.5 Å². The molecule has 0 N–H and O–H groups in total. The fourth-order valence-electron chi connectivity index (χ4n) is 8.62. The molecule has 1 aliphatic carbocycles. The van der Waals surface area contributed by atoms with Gasteiger partial charge in [-0.15, -0.1) is 11.3 Å². The Bertz CT molecular complexity index is 2820. The number of para-hydroxylation sites is 2.